The number of β-amino-alcohol motifs (C(OH)–C–C–N with tert-alkyl or cyclic N) is 1. The lowest BCUT2D eigenvalue weighted by Gasteiger charge is -2.26. The molecule has 1 saturated heterocycles. The van der Waals surface area contributed by atoms with Crippen molar-refractivity contribution in [3.63, 3.8) is 0 Å². The standard InChI is InChI=1S/C13H20N4O3/c1-12(2,3)20-11(19)16-6-10(18)13(7-16)4-9-5-14-15-17(9)8-13/h5,10,18H,4,6-8H2,1-3H3. The van der Waals surface area contributed by atoms with Gasteiger partial charge >= 0.3 is 6.09 Å². The molecule has 2 aliphatic rings. The topological polar surface area (TPSA) is 80.5 Å². The van der Waals surface area contributed by atoms with Crippen molar-refractivity contribution >= 4 is 6.09 Å². The number of hydrogen-bond acceptors (Lipinski definition) is 5. The second-order valence-electron chi connectivity index (χ2n) is 6.80. The van der Waals surface area contributed by atoms with Crippen LogP contribution in [0.2, 0.25) is 0 Å². The molecule has 2 aliphatic heterocycles. The summed E-state index contributed by atoms with van der Waals surface area (Å²) in [6.07, 6.45) is 1.49. The van der Waals surface area contributed by atoms with Crippen molar-refractivity contribution in [2.45, 2.75) is 45.4 Å². The van der Waals surface area contributed by atoms with Gasteiger partial charge in [0.25, 0.3) is 0 Å². The second-order valence-corrected chi connectivity index (χ2v) is 6.80. The number of hydrogen-bond donors (Lipinski definition) is 1. The van der Waals surface area contributed by atoms with Crippen LogP contribution in [0.4, 0.5) is 4.79 Å². The van der Waals surface area contributed by atoms with Crippen molar-refractivity contribution in [2.24, 2.45) is 5.41 Å². The maximum atomic E-state index is 12.1. The average molecular weight is 280 g/mol. The van der Waals surface area contributed by atoms with Gasteiger partial charge in [-0.15, -0.1) is 5.10 Å². The fourth-order valence-electron chi connectivity index (χ4n) is 3.01. The van der Waals surface area contributed by atoms with E-state index in [9.17, 15) is 9.90 Å². The van der Waals surface area contributed by atoms with Gasteiger partial charge in [0, 0.05) is 18.4 Å². The van der Waals surface area contributed by atoms with Crippen LogP contribution in [0.15, 0.2) is 6.20 Å². The molecule has 0 bridgehead atoms. The summed E-state index contributed by atoms with van der Waals surface area (Å²) >= 11 is 0. The molecule has 20 heavy (non-hydrogen) atoms. The van der Waals surface area contributed by atoms with Gasteiger partial charge in [0.05, 0.1) is 31.1 Å². The Labute approximate surface area is 117 Å². The van der Waals surface area contributed by atoms with Crippen LogP contribution in [0.25, 0.3) is 0 Å². The van der Waals surface area contributed by atoms with Gasteiger partial charge in [-0.3, -0.25) is 0 Å². The van der Waals surface area contributed by atoms with Crippen LogP contribution in [-0.4, -0.2) is 55.9 Å². The van der Waals surface area contributed by atoms with E-state index in [4.69, 9.17) is 4.74 Å². The van der Waals surface area contributed by atoms with Crippen LogP contribution in [-0.2, 0) is 17.7 Å². The summed E-state index contributed by atoms with van der Waals surface area (Å²) in [7, 11) is 0. The van der Waals surface area contributed by atoms with Crippen LogP contribution in [0.5, 0.6) is 0 Å². The molecule has 1 N–H and O–H groups in total. The van der Waals surface area contributed by atoms with Crippen molar-refractivity contribution in [3.8, 4) is 0 Å². The number of amides is 1. The smallest absolute Gasteiger partial charge is 0.410 e. The first-order chi connectivity index (χ1) is 9.29. The quantitative estimate of drug-likeness (QED) is 0.745. The van der Waals surface area contributed by atoms with Gasteiger partial charge in [0.2, 0.25) is 0 Å². The Balaban J connectivity index is 1.72. The normalized spacial score (nSPS) is 29.0. The van der Waals surface area contributed by atoms with Crippen molar-refractivity contribution in [1.82, 2.24) is 19.9 Å². The highest BCUT2D eigenvalue weighted by Crippen LogP contribution is 2.40. The highest BCUT2D eigenvalue weighted by Gasteiger charge is 2.52. The zero-order valence-electron chi connectivity index (χ0n) is 12.0. The van der Waals surface area contributed by atoms with Crippen LogP contribution in [0.1, 0.15) is 26.5 Å². The summed E-state index contributed by atoms with van der Waals surface area (Å²) < 4.78 is 7.18. The molecule has 7 nitrogen and oxygen atoms in total. The number of fused-ring (bicyclic) bond motifs is 1. The predicted octanol–water partition coefficient (Wildman–Crippen LogP) is 0.432. The van der Waals surface area contributed by atoms with Gasteiger partial charge in [0.15, 0.2) is 0 Å². The molecule has 7 heteroatoms. The van der Waals surface area contributed by atoms with E-state index >= 15 is 0 Å². The molecule has 0 aliphatic carbocycles. The first-order valence-corrected chi connectivity index (χ1v) is 6.82. The van der Waals surface area contributed by atoms with Crippen molar-refractivity contribution in [1.29, 1.82) is 0 Å². The van der Waals surface area contributed by atoms with E-state index in [1.165, 1.54) is 0 Å². The second kappa shape index (κ2) is 4.18. The fraction of sp³-hybridized carbons (Fsp3) is 0.769. The van der Waals surface area contributed by atoms with Gasteiger partial charge in [-0.2, -0.15) is 0 Å². The SMILES string of the molecule is CC(C)(C)OC(=O)N1CC(O)C2(Cc3cnnn3C2)C1. The van der Waals surface area contributed by atoms with Crippen LogP contribution in [0.3, 0.4) is 0 Å². The molecular weight excluding hydrogens is 260 g/mol. The molecule has 1 spiro atoms. The molecule has 3 rings (SSSR count). The van der Waals surface area contributed by atoms with Gasteiger partial charge in [-0.25, -0.2) is 9.48 Å². The maximum absolute atomic E-state index is 12.1. The molecule has 0 radical (unpaired) electrons. The van der Waals surface area contributed by atoms with E-state index in [-0.39, 0.29) is 11.5 Å². The third-order valence-electron chi connectivity index (χ3n) is 3.95. The lowest BCUT2D eigenvalue weighted by molar-refractivity contribution is 0.0268. The van der Waals surface area contributed by atoms with Crippen LogP contribution < -0.4 is 0 Å². The summed E-state index contributed by atoms with van der Waals surface area (Å²) in [5, 5.41) is 18.2. The highest BCUT2D eigenvalue weighted by atomic mass is 16.6. The molecule has 1 aromatic heterocycles. The number of likely N-dealkylation sites (tertiary alicyclic amines) is 1. The predicted molar refractivity (Wildman–Crippen MR) is 70.0 cm³/mol. The number of aliphatic hydroxyl groups is 1. The van der Waals surface area contributed by atoms with E-state index in [0.29, 0.717) is 26.1 Å². The number of aliphatic hydroxyl groups excluding tert-OH is 1. The number of carbonyl (C=O) groups excluding carboxylic acids is 1. The minimum absolute atomic E-state index is 0.313. The number of carbonyl (C=O) groups is 1. The molecule has 0 saturated carbocycles. The molecule has 3 heterocycles. The zero-order valence-corrected chi connectivity index (χ0v) is 12.0. The van der Waals surface area contributed by atoms with E-state index < -0.39 is 11.7 Å². The Kier molecular flexibility index (Phi) is 2.79. The molecular formula is C13H20N4O3. The maximum Gasteiger partial charge on any atom is 0.410 e. The number of rotatable bonds is 0. The van der Waals surface area contributed by atoms with Gasteiger partial charge < -0.3 is 14.7 Å². The van der Waals surface area contributed by atoms with Gasteiger partial charge in [0.1, 0.15) is 5.60 Å². The largest absolute Gasteiger partial charge is 0.444 e. The van der Waals surface area contributed by atoms with Crippen LogP contribution in [0, 0.1) is 5.41 Å². The highest BCUT2D eigenvalue weighted by molar-refractivity contribution is 5.68. The Bertz CT molecular complexity index is 513. The number of nitrogens with zero attached hydrogens (tertiary/aromatic N) is 4. The lowest BCUT2D eigenvalue weighted by atomic mass is 9.83. The summed E-state index contributed by atoms with van der Waals surface area (Å²) in [6.45, 7) is 6.92. The van der Waals surface area contributed by atoms with Gasteiger partial charge in [-0.05, 0) is 20.8 Å². The third-order valence-corrected chi connectivity index (χ3v) is 3.95. The Morgan fingerprint density at radius 2 is 2.25 bits per heavy atom. The summed E-state index contributed by atoms with van der Waals surface area (Å²) in [5.41, 5.74) is 0.141. The molecule has 110 valence electrons. The van der Waals surface area contributed by atoms with E-state index in [1.807, 2.05) is 25.5 Å². The lowest BCUT2D eigenvalue weighted by Crippen LogP contribution is -2.38. The Morgan fingerprint density at radius 1 is 1.50 bits per heavy atom. The van der Waals surface area contributed by atoms with Crippen molar-refractivity contribution in [3.05, 3.63) is 11.9 Å². The van der Waals surface area contributed by atoms with E-state index in [2.05, 4.69) is 10.3 Å². The van der Waals surface area contributed by atoms with E-state index in [0.717, 1.165) is 5.69 Å². The monoisotopic (exact) mass is 280 g/mol. The van der Waals surface area contributed by atoms with Crippen molar-refractivity contribution < 1.29 is 14.6 Å². The molecule has 2 unspecified atom stereocenters. The summed E-state index contributed by atoms with van der Waals surface area (Å²) in [6, 6.07) is 0. The summed E-state index contributed by atoms with van der Waals surface area (Å²) in [4.78, 5) is 13.7. The first-order valence-electron chi connectivity index (χ1n) is 6.82. The van der Waals surface area contributed by atoms with Gasteiger partial charge in [-0.1, -0.05) is 5.21 Å². The zero-order chi connectivity index (χ0) is 14.5. The summed E-state index contributed by atoms with van der Waals surface area (Å²) in [5.74, 6) is 0. The molecule has 0 aromatic carbocycles. The van der Waals surface area contributed by atoms with E-state index in [1.54, 1.807) is 11.1 Å². The van der Waals surface area contributed by atoms with Crippen molar-refractivity contribution in [2.75, 3.05) is 13.1 Å². The average Bonchev–Trinajstić information content (AvgIpc) is 2.92. The Morgan fingerprint density at radius 3 is 2.90 bits per heavy atom. The molecule has 1 aromatic rings. The number of ether oxygens (including phenoxy) is 1. The molecule has 1 fully saturated rings. The minimum atomic E-state index is -0.559. The first kappa shape index (κ1) is 13.4. The third kappa shape index (κ3) is 2.15. The molecule has 2 atom stereocenters. The Hall–Kier alpha value is -1.63. The van der Waals surface area contributed by atoms with Crippen LogP contribution >= 0.6 is 0 Å². The molecule has 1 amide bonds. The fourth-order valence-corrected chi connectivity index (χ4v) is 3.01. The number of aromatic nitrogens is 3. The minimum Gasteiger partial charge on any atom is -0.444 e.